The summed E-state index contributed by atoms with van der Waals surface area (Å²) in [7, 11) is -4.38. The van der Waals surface area contributed by atoms with Gasteiger partial charge < -0.3 is 15.3 Å². The predicted octanol–water partition coefficient (Wildman–Crippen LogP) is 4.99. The van der Waals surface area contributed by atoms with Crippen molar-refractivity contribution in [3.8, 4) is 0 Å². The summed E-state index contributed by atoms with van der Waals surface area (Å²) >= 11 is 0. The summed E-state index contributed by atoms with van der Waals surface area (Å²) in [5.41, 5.74) is 2.20. The van der Waals surface area contributed by atoms with Gasteiger partial charge in [-0.3, -0.25) is 14.4 Å². The standard InChI is InChI=1S/C34H38FN3O6S/c1-23-9-7-14-26(21-23)29(22-30(39)40)36-32(41)33-37(19-8-20-38(33)45(43,44)28-17-15-27(35)16-18-28)34(42)31(25-12-5-6-13-25)24-10-3-2-4-11-24/h2-4,7,9-11,14-18,21,25,29,31,33H,5-6,8,12-13,19-20,22H2,1H3,(H,36,41)(H,39,40). The van der Waals surface area contributed by atoms with Gasteiger partial charge in [-0.1, -0.05) is 73.0 Å². The van der Waals surface area contributed by atoms with E-state index < -0.39 is 52.3 Å². The number of nitrogens with one attached hydrogen (secondary N) is 1. The molecule has 0 spiro atoms. The van der Waals surface area contributed by atoms with Gasteiger partial charge in [-0.2, -0.15) is 4.31 Å². The summed E-state index contributed by atoms with van der Waals surface area (Å²) in [6.45, 7) is 1.92. The van der Waals surface area contributed by atoms with E-state index >= 15 is 0 Å². The van der Waals surface area contributed by atoms with Gasteiger partial charge in [0.2, 0.25) is 15.9 Å². The average molecular weight is 636 g/mol. The number of benzene rings is 3. The minimum atomic E-state index is -4.38. The summed E-state index contributed by atoms with van der Waals surface area (Å²) < 4.78 is 42.8. The Hall–Kier alpha value is -4.09. The van der Waals surface area contributed by atoms with E-state index in [2.05, 4.69) is 5.32 Å². The minimum absolute atomic E-state index is 0.0275. The van der Waals surface area contributed by atoms with Crippen molar-refractivity contribution < 1.29 is 32.3 Å². The van der Waals surface area contributed by atoms with E-state index in [0.717, 1.165) is 65.4 Å². The van der Waals surface area contributed by atoms with E-state index in [9.17, 15) is 32.3 Å². The van der Waals surface area contributed by atoms with E-state index in [1.165, 1.54) is 4.90 Å². The molecule has 3 atom stereocenters. The van der Waals surface area contributed by atoms with Gasteiger partial charge in [0, 0.05) is 13.1 Å². The summed E-state index contributed by atoms with van der Waals surface area (Å²) in [4.78, 5) is 41.9. The van der Waals surface area contributed by atoms with Crippen molar-refractivity contribution in [2.24, 2.45) is 5.92 Å². The highest BCUT2D eigenvalue weighted by atomic mass is 32.2. The van der Waals surface area contributed by atoms with Crippen molar-refractivity contribution in [2.75, 3.05) is 13.1 Å². The number of amides is 2. The number of carbonyl (C=O) groups is 3. The number of hydrogen-bond acceptors (Lipinski definition) is 5. The van der Waals surface area contributed by atoms with E-state index in [1.54, 1.807) is 18.2 Å². The molecule has 2 fully saturated rings. The lowest BCUT2D eigenvalue weighted by atomic mass is 9.83. The molecule has 11 heteroatoms. The lowest BCUT2D eigenvalue weighted by Gasteiger charge is -2.44. The fourth-order valence-corrected chi connectivity index (χ4v) is 8.19. The Balaban J connectivity index is 1.57. The molecule has 45 heavy (non-hydrogen) atoms. The van der Waals surface area contributed by atoms with Gasteiger partial charge in [0.15, 0.2) is 6.17 Å². The zero-order valence-electron chi connectivity index (χ0n) is 25.1. The van der Waals surface area contributed by atoms with E-state index in [0.29, 0.717) is 5.56 Å². The van der Waals surface area contributed by atoms with Crippen molar-refractivity contribution in [3.05, 3.63) is 101 Å². The van der Waals surface area contributed by atoms with Crippen LogP contribution in [0.3, 0.4) is 0 Å². The lowest BCUT2D eigenvalue weighted by Crippen LogP contribution is -2.64. The monoisotopic (exact) mass is 635 g/mol. The highest BCUT2D eigenvalue weighted by Gasteiger charge is 2.47. The molecular weight excluding hydrogens is 597 g/mol. The predicted molar refractivity (Wildman–Crippen MR) is 166 cm³/mol. The molecular formula is C34H38FN3O6S. The number of carbonyl (C=O) groups excluding carboxylic acids is 2. The number of nitrogens with zero attached hydrogens (tertiary/aromatic N) is 2. The third kappa shape index (κ3) is 7.26. The SMILES string of the molecule is Cc1cccc(C(CC(=O)O)NC(=O)C2N(C(=O)C(c3ccccc3)C3CCCC3)CCCN2S(=O)(=O)c2ccc(F)cc2)c1. The summed E-state index contributed by atoms with van der Waals surface area (Å²) in [6.07, 6.45) is 1.86. The zero-order chi connectivity index (χ0) is 32.1. The molecule has 3 aromatic carbocycles. The molecule has 0 bridgehead atoms. The maximum absolute atomic E-state index is 14.6. The number of hydrogen-bond donors (Lipinski definition) is 2. The van der Waals surface area contributed by atoms with Gasteiger partial charge in [-0.05, 0) is 67.5 Å². The van der Waals surface area contributed by atoms with Gasteiger partial charge in [-0.25, -0.2) is 12.8 Å². The molecule has 238 valence electrons. The maximum Gasteiger partial charge on any atom is 0.305 e. The Morgan fingerprint density at radius 1 is 0.911 bits per heavy atom. The van der Waals surface area contributed by atoms with Crippen molar-refractivity contribution >= 4 is 27.8 Å². The fourth-order valence-electron chi connectivity index (χ4n) is 6.60. The molecule has 1 aliphatic heterocycles. The van der Waals surface area contributed by atoms with Crippen LogP contribution in [0.4, 0.5) is 4.39 Å². The van der Waals surface area contributed by atoms with Gasteiger partial charge >= 0.3 is 5.97 Å². The Labute approximate surface area is 263 Å². The van der Waals surface area contributed by atoms with Crippen LogP contribution in [-0.4, -0.2) is 59.8 Å². The number of sulfonamides is 1. The Bertz CT molecular complexity index is 1630. The van der Waals surface area contributed by atoms with Gasteiger partial charge in [0.1, 0.15) is 5.82 Å². The van der Waals surface area contributed by atoms with Gasteiger partial charge in [-0.15, -0.1) is 0 Å². The van der Waals surface area contributed by atoms with Gasteiger partial charge in [0.05, 0.1) is 23.3 Å². The summed E-state index contributed by atoms with van der Waals surface area (Å²) in [5.74, 6) is -3.48. The van der Waals surface area contributed by atoms with Crippen LogP contribution >= 0.6 is 0 Å². The number of aryl methyl sites for hydroxylation is 1. The van der Waals surface area contributed by atoms with Crippen LogP contribution in [0.15, 0.2) is 83.8 Å². The second-order valence-electron chi connectivity index (χ2n) is 11.8. The van der Waals surface area contributed by atoms with E-state index in [4.69, 9.17) is 0 Å². The maximum atomic E-state index is 14.6. The number of aliphatic carboxylic acids is 1. The molecule has 9 nitrogen and oxygen atoms in total. The molecule has 0 aromatic heterocycles. The Morgan fingerprint density at radius 3 is 2.22 bits per heavy atom. The second-order valence-corrected chi connectivity index (χ2v) is 13.7. The fraction of sp³-hybridized carbons (Fsp3) is 0.382. The number of carboxylic acid groups (broad SMARTS) is 1. The van der Waals surface area contributed by atoms with Crippen LogP contribution < -0.4 is 5.32 Å². The minimum Gasteiger partial charge on any atom is -0.481 e. The van der Waals surface area contributed by atoms with Gasteiger partial charge in [0.25, 0.3) is 5.91 Å². The quantitative estimate of drug-likeness (QED) is 0.324. The third-order valence-corrected chi connectivity index (χ3v) is 10.6. The molecule has 0 radical (unpaired) electrons. The highest BCUT2D eigenvalue weighted by Crippen LogP contribution is 2.40. The molecule has 5 rings (SSSR count). The number of carboxylic acids is 1. The van der Waals surface area contributed by atoms with Crippen LogP contribution in [0.5, 0.6) is 0 Å². The van der Waals surface area contributed by atoms with Crippen molar-refractivity contribution in [3.63, 3.8) is 0 Å². The van der Waals surface area contributed by atoms with E-state index in [1.807, 2.05) is 43.3 Å². The molecule has 3 unspecified atom stereocenters. The summed E-state index contributed by atoms with van der Waals surface area (Å²) in [5, 5.41) is 12.5. The van der Waals surface area contributed by atoms with Crippen LogP contribution in [0.25, 0.3) is 0 Å². The molecule has 1 aliphatic carbocycles. The number of rotatable bonds is 10. The first-order valence-corrected chi connectivity index (χ1v) is 16.7. The second kappa shape index (κ2) is 13.9. The normalized spacial score (nSPS) is 19.2. The highest BCUT2D eigenvalue weighted by molar-refractivity contribution is 7.89. The molecule has 2 N–H and O–H groups in total. The first-order valence-electron chi connectivity index (χ1n) is 15.3. The van der Waals surface area contributed by atoms with Crippen molar-refractivity contribution in [2.45, 2.75) is 68.5 Å². The molecule has 2 amide bonds. The number of halogens is 1. The molecule has 2 aliphatic rings. The summed E-state index contributed by atoms with van der Waals surface area (Å²) in [6, 6.07) is 19.7. The van der Waals surface area contributed by atoms with Crippen LogP contribution in [-0.2, 0) is 24.4 Å². The topological polar surface area (TPSA) is 124 Å². The van der Waals surface area contributed by atoms with Crippen LogP contribution in [0, 0.1) is 18.7 Å². The van der Waals surface area contributed by atoms with Crippen LogP contribution in [0.1, 0.15) is 67.2 Å². The third-order valence-electron chi connectivity index (χ3n) is 8.72. The van der Waals surface area contributed by atoms with Crippen molar-refractivity contribution in [1.29, 1.82) is 0 Å². The smallest absolute Gasteiger partial charge is 0.305 e. The largest absolute Gasteiger partial charge is 0.481 e. The first kappa shape index (κ1) is 32.3. The zero-order valence-corrected chi connectivity index (χ0v) is 26.0. The molecule has 1 saturated heterocycles. The molecule has 1 heterocycles. The van der Waals surface area contributed by atoms with Crippen LogP contribution in [0.2, 0.25) is 0 Å². The molecule has 3 aromatic rings. The average Bonchev–Trinajstić information content (AvgIpc) is 3.55. The molecule has 1 saturated carbocycles. The van der Waals surface area contributed by atoms with Crippen molar-refractivity contribution in [1.82, 2.24) is 14.5 Å². The lowest BCUT2D eigenvalue weighted by molar-refractivity contribution is -0.150. The first-order chi connectivity index (χ1) is 21.6. The van der Waals surface area contributed by atoms with E-state index in [-0.39, 0.29) is 36.2 Å². The Kier molecular flexibility index (Phi) is 9.99. The Morgan fingerprint density at radius 2 is 1.58 bits per heavy atom.